The van der Waals surface area contributed by atoms with Crippen molar-refractivity contribution in [3.05, 3.63) is 54.1 Å². The molecule has 0 fully saturated rings. The lowest BCUT2D eigenvalue weighted by molar-refractivity contribution is 0.405. The van der Waals surface area contributed by atoms with Crippen LogP contribution in [-0.4, -0.2) is 19.4 Å². The summed E-state index contributed by atoms with van der Waals surface area (Å²) in [5.41, 5.74) is 2.46. The van der Waals surface area contributed by atoms with Crippen molar-refractivity contribution >= 4 is 17.4 Å². The largest absolute Gasteiger partial charge is 0.496 e. The molecule has 0 bridgehead atoms. The van der Waals surface area contributed by atoms with Crippen molar-refractivity contribution in [2.24, 2.45) is 0 Å². The van der Waals surface area contributed by atoms with Gasteiger partial charge in [-0.2, -0.15) is 0 Å². The molecule has 0 unspecified atom stereocenters. The van der Waals surface area contributed by atoms with E-state index in [9.17, 15) is 0 Å². The fourth-order valence-corrected chi connectivity index (χ4v) is 2.74. The highest BCUT2D eigenvalue weighted by atomic mass is 32.2. The summed E-state index contributed by atoms with van der Waals surface area (Å²) in [5, 5.41) is 3.43. The van der Waals surface area contributed by atoms with Crippen LogP contribution in [0.5, 0.6) is 5.75 Å². The molecule has 0 heterocycles. The van der Waals surface area contributed by atoms with E-state index in [4.69, 9.17) is 4.74 Å². The second kappa shape index (κ2) is 7.10. The Morgan fingerprint density at radius 1 is 1.11 bits per heavy atom. The van der Waals surface area contributed by atoms with Crippen LogP contribution in [0.2, 0.25) is 0 Å². The van der Waals surface area contributed by atoms with E-state index in [1.165, 1.54) is 16.1 Å². The first kappa shape index (κ1) is 13.8. The van der Waals surface area contributed by atoms with E-state index in [1.54, 1.807) is 7.11 Å². The molecule has 2 nitrogen and oxygen atoms in total. The first-order valence-electron chi connectivity index (χ1n) is 6.36. The number of hydrogen-bond acceptors (Lipinski definition) is 3. The van der Waals surface area contributed by atoms with Crippen molar-refractivity contribution < 1.29 is 4.74 Å². The monoisotopic (exact) mass is 273 g/mol. The third kappa shape index (κ3) is 4.21. The Morgan fingerprint density at radius 2 is 1.95 bits per heavy atom. The summed E-state index contributed by atoms with van der Waals surface area (Å²) in [6.07, 6.45) is 0. The van der Waals surface area contributed by atoms with E-state index in [-0.39, 0.29) is 0 Å². The van der Waals surface area contributed by atoms with Gasteiger partial charge in [-0.25, -0.2) is 0 Å². The average molecular weight is 273 g/mol. The number of aryl methyl sites for hydroxylation is 1. The fourth-order valence-electron chi connectivity index (χ4n) is 1.85. The van der Waals surface area contributed by atoms with Crippen LogP contribution in [0.4, 0.5) is 5.69 Å². The van der Waals surface area contributed by atoms with E-state index in [0.29, 0.717) is 0 Å². The van der Waals surface area contributed by atoms with Gasteiger partial charge in [0, 0.05) is 22.9 Å². The summed E-state index contributed by atoms with van der Waals surface area (Å²) < 4.78 is 5.34. The summed E-state index contributed by atoms with van der Waals surface area (Å²) in [7, 11) is 1.71. The van der Waals surface area contributed by atoms with Crippen LogP contribution in [-0.2, 0) is 0 Å². The molecule has 0 atom stereocenters. The number of para-hydroxylation sites is 1. The molecule has 0 aliphatic carbocycles. The molecule has 0 saturated carbocycles. The minimum absolute atomic E-state index is 0.937. The highest BCUT2D eigenvalue weighted by molar-refractivity contribution is 7.99. The standard InChI is InChI=1S/C16H19NOS/c1-13-6-5-7-14(12-13)17-10-11-19-16-9-4-3-8-15(16)18-2/h3-9,12,17H,10-11H2,1-2H3. The van der Waals surface area contributed by atoms with Gasteiger partial charge in [0.15, 0.2) is 0 Å². The highest BCUT2D eigenvalue weighted by Crippen LogP contribution is 2.28. The number of methoxy groups -OCH3 is 1. The van der Waals surface area contributed by atoms with Crippen molar-refractivity contribution in [1.29, 1.82) is 0 Å². The Hall–Kier alpha value is -1.61. The van der Waals surface area contributed by atoms with Gasteiger partial charge < -0.3 is 10.1 Å². The van der Waals surface area contributed by atoms with Crippen LogP contribution in [0.25, 0.3) is 0 Å². The molecule has 0 aliphatic heterocycles. The Morgan fingerprint density at radius 3 is 2.74 bits per heavy atom. The van der Waals surface area contributed by atoms with E-state index in [1.807, 2.05) is 30.0 Å². The van der Waals surface area contributed by atoms with E-state index in [0.717, 1.165) is 18.0 Å². The molecule has 0 radical (unpaired) electrons. The van der Waals surface area contributed by atoms with Crippen molar-refractivity contribution in [2.45, 2.75) is 11.8 Å². The van der Waals surface area contributed by atoms with Crippen molar-refractivity contribution in [2.75, 3.05) is 24.7 Å². The minimum atomic E-state index is 0.937. The molecule has 0 spiro atoms. The van der Waals surface area contributed by atoms with Gasteiger partial charge in [-0.3, -0.25) is 0 Å². The summed E-state index contributed by atoms with van der Waals surface area (Å²) in [5.74, 6) is 1.96. The lowest BCUT2D eigenvalue weighted by atomic mass is 10.2. The molecule has 0 saturated heterocycles. The summed E-state index contributed by atoms with van der Waals surface area (Å²) in [6, 6.07) is 16.6. The van der Waals surface area contributed by atoms with Gasteiger partial charge in [-0.15, -0.1) is 11.8 Å². The third-order valence-corrected chi connectivity index (χ3v) is 3.83. The van der Waals surface area contributed by atoms with Crippen LogP contribution in [0, 0.1) is 6.92 Å². The second-order valence-electron chi connectivity index (χ2n) is 4.30. The average Bonchev–Trinajstić information content (AvgIpc) is 2.44. The number of anilines is 1. The zero-order valence-corrected chi connectivity index (χ0v) is 12.2. The first-order valence-corrected chi connectivity index (χ1v) is 7.34. The Labute approximate surface area is 119 Å². The molecule has 19 heavy (non-hydrogen) atoms. The maximum absolute atomic E-state index is 5.34. The van der Waals surface area contributed by atoms with Gasteiger partial charge in [0.1, 0.15) is 5.75 Å². The van der Waals surface area contributed by atoms with Crippen molar-refractivity contribution in [1.82, 2.24) is 0 Å². The van der Waals surface area contributed by atoms with Gasteiger partial charge in [0.05, 0.1) is 7.11 Å². The number of benzene rings is 2. The SMILES string of the molecule is COc1ccccc1SCCNc1cccc(C)c1. The van der Waals surface area contributed by atoms with E-state index >= 15 is 0 Å². The number of hydrogen-bond donors (Lipinski definition) is 1. The summed E-state index contributed by atoms with van der Waals surface area (Å²) in [4.78, 5) is 1.19. The van der Waals surface area contributed by atoms with Gasteiger partial charge in [-0.1, -0.05) is 24.3 Å². The zero-order chi connectivity index (χ0) is 13.5. The third-order valence-electron chi connectivity index (χ3n) is 2.78. The lowest BCUT2D eigenvalue weighted by Crippen LogP contribution is -2.04. The normalized spacial score (nSPS) is 10.2. The number of thioether (sulfide) groups is 1. The smallest absolute Gasteiger partial charge is 0.132 e. The molecule has 0 aliphatic rings. The topological polar surface area (TPSA) is 21.3 Å². The van der Waals surface area contributed by atoms with E-state index < -0.39 is 0 Å². The summed E-state index contributed by atoms with van der Waals surface area (Å²) >= 11 is 1.81. The van der Waals surface area contributed by atoms with Crippen LogP contribution < -0.4 is 10.1 Å². The van der Waals surface area contributed by atoms with Gasteiger partial charge in [0.25, 0.3) is 0 Å². The molecule has 2 rings (SSSR count). The minimum Gasteiger partial charge on any atom is -0.496 e. The molecule has 100 valence electrons. The van der Waals surface area contributed by atoms with E-state index in [2.05, 4.69) is 42.6 Å². The quantitative estimate of drug-likeness (QED) is 0.629. The molecule has 0 amide bonds. The second-order valence-corrected chi connectivity index (χ2v) is 5.43. The number of nitrogens with one attached hydrogen (secondary N) is 1. The lowest BCUT2D eigenvalue weighted by Gasteiger charge is -2.09. The Bertz CT molecular complexity index is 528. The predicted octanol–water partition coefficient (Wildman–Crippen LogP) is 4.21. The number of rotatable bonds is 6. The first-order chi connectivity index (χ1) is 9.29. The molecule has 1 N–H and O–H groups in total. The van der Waals surface area contributed by atoms with Crippen LogP contribution >= 0.6 is 11.8 Å². The predicted molar refractivity (Wildman–Crippen MR) is 83.4 cm³/mol. The maximum atomic E-state index is 5.34. The van der Waals surface area contributed by atoms with Crippen LogP contribution in [0.1, 0.15) is 5.56 Å². The molecule has 2 aromatic carbocycles. The zero-order valence-electron chi connectivity index (χ0n) is 11.3. The Kier molecular flexibility index (Phi) is 5.16. The molecular formula is C16H19NOS. The van der Waals surface area contributed by atoms with Crippen LogP contribution in [0.3, 0.4) is 0 Å². The maximum Gasteiger partial charge on any atom is 0.132 e. The molecule has 0 aromatic heterocycles. The fraction of sp³-hybridized carbons (Fsp3) is 0.250. The molecule has 3 heteroatoms. The summed E-state index contributed by atoms with van der Waals surface area (Å²) in [6.45, 7) is 3.04. The van der Waals surface area contributed by atoms with Crippen LogP contribution in [0.15, 0.2) is 53.4 Å². The van der Waals surface area contributed by atoms with Gasteiger partial charge in [-0.05, 0) is 36.8 Å². The van der Waals surface area contributed by atoms with Crippen molar-refractivity contribution in [3.8, 4) is 5.75 Å². The van der Waals surface area contributed by atoms with Gasteiger partial charge >= 0.3 is 0 Å². The number of ether oxygens (including phenoxy) is 1. The highest BCUT2D eigenvalue weighted by Gasteiger charge is 2.01. The molecular weight excluding hydrogens is 254 g/mol. The van der Waals surface area contributed by atoms with Crippen molar-refractivity contribution in [3.63, 3.8) is 0 Å². The van der Waals surface area contributed by atoms with Gasteiger partial charge in [0.2, 0.25) is 0 Å². The molecule has 2 aromatic rings. The Balaban J connectivity index is 1.81.